The molecule has 7 heteroatoms. The second-order valence-corrected chi connectivity index (χ2v) is 8.25. The van der Waals surface area contributed by atoms with Gasteiger partial charge in [-0.2, -0.15) is 0 Å². The van der Waals surface area contributed by atoms with Crippen LogP contribution < -0.4 is 5.73 Å². The standard InChI is InChI=1S/C15H25N3O2S.ClH/c1-12-10-18(9-8-15(12)16)11-13-4-6-14(7-5-13)21(19,20)17(2)3;/h4-7,12,15H,8-11,16H2,1-3H3;1H. The predicted octanol–water partition coefficient (Wildman–Crippen LogP) is 1.53. The topological polar surface area (TPSA) is 66.6 Å². The van der Waals surface area contributed by atoms with Crippen molar-refractivity contribution in [2.24, 2.45) is 11.7 Å². The van der Waals surface area contributed by atoms with Crippen LogP contribution in [-0.4, -0.2) is 50.8 Å². The van der Waals surface area contributed by atoms with E-state index in [0.717, 1.165) is 31.6 Å². The summed E-state index contributed by atoms with van der Waals surface area (Å²) in [6.07, 6.45) is 1.02. The number of hydrogen-bond acceptors (Lipinski definition) is 4. The van der Waals surface area contributed by atoms with Gasteiger partial charge in [0.15, 0.2) is 0 Å². The smallest absolute Gasteiger partial charge is 0.242 e. The van der Waals surface area contributed by atoms with Crippen LogP contribution in [0, 0.1) is 5.92 Å². The molecule has 2 rings (SSSR count). The van der Waals surface area contributed by atoms with E-state index in [0.29, 0.717) is 16.9 Å². The highest BCUT2D eigenvalue weighted by atomic mass is 35.5. The summed E-state index contributed by atoms with van der Waals surface area (Å²) in [5, 5.41) is 0. The van der Waals surface area contributed by atoms with Crippen molar-refractivity contribution in [3.63, 3.8) is 0 Å². The molecular formula is C15H26ClN3O2S. The van der Waals surface area contributed by atoms with Gasteiger partial charge in [0, 0.05) is 33.2 Å². The lowest BCUT2D eigenvalue weighted by molar-refractivity contribution is 0.158. The van der Waals surface area contributed by atoms with E-state index in [1.165, 1.54) is 4.31 Å². The van der Waals surface area contributed by atoms with E-state index >= 15 is 0 Å². The van der Waals surface area contributed by atoms with E-state index in [4.69, 9.17) is 5.73 Å². The summed E-state index contributed by atoms with van der Waals surface area (Å²) in [4.78, 5) is 2.72. The first-order chi connectivity index (χ1) is 9.80. The summed E-state index contributed by atoms with van der Waals surface area (Å²) in [6, 6.07) is 7.47. The van der Waals surface area contributed by atoms with Gasteiger partial charge in [-0.3, -0.25) is 4.90 Å². The van der Waals surface area contributed by atoms with Gasteiger partial charge in [0.2, 0.25) is 10.0 Å². The third-order valence-electron chi connectivity index (χ3n) is 4.16. The van der Waals surface area contributed by atoms with Crippen LogP contribution in [-0.2, 0) is 16.6 Å². The molecule has 2 atom stereocenters. The van der Waals surface area contributed by atoms with Crippen molar-refractivity contribution in [1.82, 2.24) is 9.21 Å². The average molecular weight is 348 g/mol. The maximum Gasteiger partial charge on any atom is 0.242 e. The van der Waals surface area contributed by atoms with Crippen molar-refractivity contribution in [3.8, 4) is 0 Å². The normalized spacial score (nSPS) is 23.3. The minimum atomic E-state index is -3.34. The van der Waals surface area contributed by atoms with Gasteiger partial charge < -0.3 is 5.73 Å². The van der Waals surface area contributed by atoms with Crippen LogP contribution >= 0.6 is 12.4 Å². The van der Waals surface area contributed by atoms with Crippen LogP contribution in [0.4, 0.5) is 0 Å². The third-order valence-corrected chi connectivity index (χ3v) is 5.99. The Hall–Kier alpha value is -0.660. The molecule has 0 aliphatic carbocycles. The molecule has 1 aliphatic heterocycles. The molecule has 1 fully saturated rings. The molecule has 2 N–H and O–H groups in total. The molecule has 0 spiro atoms. The van der Waals surface area contributed by atoms with Crippen LogP contribution in [0.15, 0.2) is 29.2 Å². The number of halogens is 1. The van der Waals surface area contributed by atoms with Crippen molar-refractivity contribution < 1.29 is 8.42 Å². The van der Waals surface area contributed by atoms with E-state index in [2.05, 4.69) is 11.8 Å². The van der Waals surface area contributed by atoms with Gasteiger partial charge >= 0.3 is 0 Å². The molecule has 1 aromatic carbocycles. The molecule has 22 heavy (non-hydrogen) atoms. The second-order valence-electron chi connectivity index (χ2n) is 6.10. The van der Waals surface area contributed by atoms with Crippen LogP contribution in [0.25, 0.3) is 0 Å². The van der Waals surface area contributed by atoms with Gasteiger partial charge in [0.05, 0.1) is 4.90 Å². The first-order valence-electron chi connectivity index (χ1n) is 7.30. The van der Waals surface area contributed by atoms with Crippen LogP contribution in [0.5, 0.6) is 0 Å². The van der Waals surface area contributed by atoms with Gasteiger partial charge in [-0.1, -0.05) is 19.1 Å². The molecule has 1 aliphatic rings. The van der Waals surface area contributed by atoms with Gasteiger partial charge in [-0.05, 0) is 36.6 Å². The summed E-state index contributed by atoms with van der Waals surface area (Å²) < 4.78 is 25.3. The third kappa shape index (κ3) is 4.43. The minimum Gasteiger partial charge on any atom is -0.327 e. The van der Waals surface area contributed by atoms with Gasteiger partial charge in [0.1, 0.15) is 0 Å². The number of nitrogens with two attached hydrogens (primary N) is 1. The largest absolute Gasteiger partial charge is 0.327 e. The fourth-order valence-corrected chi connectivity index (χ4v) is 3.53. The first-order valence-corrected chi connectivity index (χ1v) is 8.74. The number of rotatable bonds is 4. The van der Waals surface area contributed by atoms with Crippen molar-refractivity contribution in [2.75, 3.05) is 27.2 Å². The van der Waals surface area contributed by atoms with Gasteiger partial charge in [0.25, 0.3) is 0 Å². The highest BCUT2D eigenvalue weighted by molar-refractivity contribution is 7.89. The predicted molar refractivity (Wildman–Crippen MR) is 91.6 cm³/mol. The molecule has 126 valence electrons. The Morgan fingerprint density at radius 1 is 1.27 bits per heavy atom. The fourth-order valence-electron chi connectivity index (χ4n) is 2.63. The van der Waals surface area contributed by atoms with E-state index in [1.807, 2.05) is 12.1 Å². The number of hydrogen-bond donors (Lipinski definition) is 1. The van der Waals surface area contributed by atoms with Crippen LogP contribution in [0.1, 0.15) is 18.9 Å². The molecule has 0 bridgehead atoms. The molecule has 0 aromatic heterocycles. The molecule has 0 saturated carbocycles. The van der Waals surface area contributed by atoms with E-state index < -0.39 is 10.0 Å². The molecule has 0 amide bonds. The zero-order valence-corrected chi connectivity index (χ0v) is 15.0. The fraction of sp³-hybridized carbons (Fsp3) is 0.600. The van der Waals surface area contributed by atoms with E-state index in [-0.39, 0.29) is 12.4 Å². The number of benzene rings is 1. The Labute approximate surface area is 139 Å². The van der Waals surface area contributed by atoms with E-state index in [1.54, 1.807) is 26.2 Å². The number of piperidine rings is 1. The van der Waals surface area contributed by atoms with Crippen molar-refractivity contribution in [2.45, 2.75) is 30.8 Å². The Balaban J connectivity index is 0.00000242. The maximum absolute atomic E-state index is 12.0. The highest BCUT2D eigenvalue weighted by Gasteiger charge is 2.23. The molecule has 0 radical (unpaired) electrons. The lowest BCUT2D eigenvalue weighted by atomic mass is 9.94. The zero-order chi connectivity index (χ0) is 15.6. The van der Waals surface area contributed by atoms with Crippen molar-refractivity contribution in [1.29, 1.82) is 0 Å². The quantitative estimate of drug-likeness (QED) is 0.897. The molecule has 1 aromatic rings. The summed E-state index contributed by atoms with van der Waals surface area (Å²) in [7, 11) is -0.253. The highest BCUT2D eigenvalue weighted by Crippen LogP contribution is 2.19. The van der Waals surface area contributed by atoms with Gasteiger partial charge in [-0.15, -0.1) is 12.4 Å². The second kappa shape index (κ2) is 7.75. The zero-order valence-electron chi connectivity index (χ0n) is 13.4. The Bertz CT molecular complexity index is 575. The molecule has 5 nitrogen and oxygen atoms in total. The van der Waals surface area contributed by atoms with Crippen molar-refractivity contribution >= 4 is 22.4 Å². The van der Waals surface area contributed by atoms with Crippen LogP contribution in [0.3, 0.4) is 0 Å². The Morgan fingerprint density at radius 2 is 1.86 bits per heavy atom. The summed E-state index contributed by atoms with van der Waals surface area (Å²) in [5.74, 6) is 0.507. The lowest BCUT2D eigenvalue weighted by Crippen LogP contribution is -2.45. The Morgan fingerprint density at radius 3 is 2.36 bits per heavy atom. The maximum atomic E-state index is 12.0. The SMILES string of the molecule is CC1CN(Cc2ccc(S(=O)(=O)N(C)C)cc2)CCC1N.Cl. The number of likely N-dealkylation sites (tertiary alicyclic amines) is 1. The number of nitrogens with zero attached hydrogens (tertiary/aromatic N) is 2. The minimum absolute atomic E-state index is 0. The average Bonchev–Trinajstić information content (AvgIpc) is 2.43. The monoisotopic (exact) mass is 347 g/mol. The van der Waals surface area contributed by atoms with Crippen molar-refractivity contribution in [3.05, 3.63) is 29.8 Å². The lowest BCUT2D eigenvalue weighted by Gasteiger charge is -2.35. The first kappa shape index (κ1) is 19.4. The summed E-state index contributed by atoms with van der Waals surface area (Å²) in [5.41, 5.74) is 7.17. The summed E-state index contributed by atoms with van der Waals surface area (Å²) >= 11 is 0. The summed E-state index contributed by atoms with van der Waals surface area (Å²) in [6.45, 7) is 5.03. The molecule has 1 heterocycles. The Kier molecular flexibility index (Phi) is 6.83. The van der Waals surface area contributed by atoms with E-state index in [9.17, 15) is 8.42 Å². The van der Waals surface area contributed by atoms with Crippen LogP contribution in [0.2, 0.25) is 0 Å². The molecule has 2 unspecified atom stereocenters. The molecular weight excluding hydrogens is 322 g/mol. The number of sulfonamides is 1. The van der Waals surface area contributed by atoms with Gasteiger partial charge in [-0.25, -0.2) is 12.7 Å². The molecule has 1 saturated heterocycles.